The van der Waals surface area contributed by atoms with E-state index in [-0.39, 0.29) is 5.91 Å². The maximum atomic E-state index is 12.1. The van der Waals surface area contributed by atoms with Gasteiger partial charge in [0.25, 0.3) is 0 Å². The number of hydrogen-bond acceptors (Lipinski definition) is 3. The van der Waals surface area contributed by atoms with E-state index in [0.29, 0.717) is 18.2 Å². The van der Waals surface area contributed by atoms with E-state index in [9.17, 15) is 4.79 Å². The van der Waals surface area contributed by atoms with Crippen molar-refractivity contribution in [1.29, 1.82) is 0 Å². The van der Waals surface area contributed by atoms with E-state index >= 15 is 0 Å². The fourth-order valence-corrected chi connectivity index (χ4v) is 2.70. The van der Waals surface area contributed by atoms with Crippen molar-refractivity contribution < 1.29 is 4.79 Å². The molecule has 0 unspecified atom stereocenters. The molecule has 1 aromatic rings. The van der Waals surface area contributed by atoms with Crippen molar-refractivity contribution in [3.8, 4) is 0 Å². The summed E-state index contributed by atoms with van der Waals surface area (Å²) in [7, 11) is 0. The van der Waals surface area contributed by atoms with Crippen LogP contribution in [0.25, 0.3) is 0 Å². The SMILES string of the molecule is Cc1nc(NC(=O)CC2=CCCCC2)cc(C2CC2)n1. The maximum Gasteiger partial charge on any atom is 0.229 e. The average molecular weight is 271 g/mol. The Bertz CT molecular complexity index is 547. The van der Waals surface area contributed by atoms with Crippen LogP contribution in [0.3, 0.4) is 0 Å². The number of nitrogens with zero attached hydrogens (tertiary/aromatic N) is 2. The van der Waals surface area contributed by atoms with Gasteiger partial charge in [0.05, 0.1) is 0 Å². The van der Waals surface area contributed by atoms with Crippen molar-refractivity contribution >= 4 is 11.7 Å². The minimum atomic E-state index is 0.0398. The van der Waals surface area contributed by atoms with Crippen molar-refractivity contribution in [3.05, 3.63) is 29.2 Å². The van der Waals surface area contributed by atoms with E-state index in [1.807, 2.05) is 13.0 Å². The van der Waals surface area contributed by atoms with Gasteiger partial charge in [-0.1, -0.05) is 11.6 Å². The predicted octanol–water partition coefficient (Wildman–Crippen LogP) is 3.49. The highest BCUT2D eigenvalue weighted by Crippen LogP contribution is 2.39. The van der Waals surface area contributed by atoms with Gasteiger partial charge in [-0.3, -0.25) is 4.79 Å². The molecular weight excluding hydrogens is 250 g/mol. The fourth-order valence-electron chi connectivity index (χ4n) is 2.70. The molecule has 3 rings (SSSR count). The molecule has 0 saturated heterocycles. The van der Waals surface area contributed by atoms with Crippen LogP contribution in [0.15, 0.2) is 17.7 Å². The first kappa shape index (κ1) is 13.3. The van der Waals surface area contributed by atoms with Gasteiger partial charge in [-0.25, -0.2) is 9.97 Å². The number of carbonyl (C=O) groups excluding carboxylic acids is 1. The highest BCUT2D eigenvalue weighted by molar-refractivity contribution is 5.91. The Morgan fingerprint density at radius 1 is 1.35 bits per heavy atom. The van der Waals surface area contributed by atoms with Crippen LogP contribution < -0.4 is 5.32 Å². The van der Waals surface area contributed by atoms with Gasteiger partial charge in [-0.05, 0) is 45.4 Å². The zero-order valence-corrected chi connectivity index (χ0v) is 12.0. The van der Waals surface area contributed by atoms with E-state index in [0.717, 1.165) is 24.4 Å². The summed E-state index contributed by atoms with van der Waals surface area (Å²) >= 11 is 0. The number of carbonyl (C=O) groups is 1. The molecule has 1 amide bonds. The first-order valence-electron chi connectivity index (χ1n) is 7.54. The van der Waals surface area contributed by atoms with Gasteiger partial charge < -0.3 is 5.32 Å². The quantitative estimate of drug-likeness (QED) is 0.853. The minimum absolute atomic E-state index is 0.0398. The third-order valence-corrected chi connectivity index (χ3v) is 3.89. The van der Waals surface area contributed by atoms with E-state index in [1.54, 1.807) is 0 Å². The third kappa shape index (κ3) is 3.44. The number of rotatable bonds is 4. The zero-order chi connectivity index (χ0) is 13.9. The van der Waals surface area contributed by atoms with Gasteiger partial charge in [-0.2, -0.15) is 0 Å². The Balaban J connectivity index is 1.64. The molecule has 2 aliphatic carbocycles. The molecule has 1 fully saturated rings. The molecule has 1 heterocycles. The lowest BCUT2D eigenvalue weighted by atomic mass is 9.97. The summed E-state index contributed by atoms with van der Waals surface area (Å²) in [4.78, 5) is 20.8. The Kier molecular flexibility index (Phi) is 3.81. The Morgan fingerprint density at radius 3 is 2.90 bits per heavy atom. The van der Waals surface area contributed by atoms with E-state index in [1.165, 1.54) is 31.3 Å². The fraction of sp³-hybridized carbons (Fsp3) is 0.562. The normalized spacial score (nSPS) is 18.6. The van der Waals surface area contributed by atoms with Crippen LogP contribution in [0.4, 0.5) is 5.82 Å². The molecule has 20 heavy (non-hydrogen) atoms. The van der Waals surface area contributed by atoms with Crippen LogP contribution in [0.2, 0.25) is 0 Å². The summed E-state index contributed by atoms with van der Waals surface area (Å²) in [5.74, 6) is 2.01. The number of allylic oxidation sites excluding steroid dienone is 1. The lowest BCUT2D eigenvalue weighted by molar-refractivity contribution is -0.115. The lowest BCUT2D eigenvalue weighted by Crippen LogP contribution is -2.15. The predicted molar refractivity (Wildman–Crippen MR) is 78.5 cm³/mol. The molecule has 0 atom stereocenters. The topological polar surface area (TPSA) is 54.9 Å². The monoisotopic (exact) mass is 271 g/mol. The van der Waals surface area contributed by atoms with Crippen LogP contribution in [-0.2, 0) is 4.79 Å². The summed E-state index contributed by atoms with van der Waals surface area (Å²) in [6.07, 6.45) is 9.75. The molecule has 1 N–H and O–H groups in total. The van der Waals surface area contributed by atoms with Crippen molar-refractivity contribution in [2.24, 2.45) is 0 Å². The number of anilines is 1. The highest BCUT2D eigenvalue weighted by Gasteiger charge is 2.26. The molecule has 2 aliphatic rings. The number of hydrogen-bond donors (Lipinski definition) is 1. The van der Waals surface area contributed by atoms with Crippen molar-refractivity contribution in [2.75, 3.05) is 5.32 Å². The van der Waals surface area contributed by atoms with Crippen LogP contribution in [0.5, 0.6) is 0 Å². The van der Waals surface area contributed by atoms with Crippen LogP contribution in [0, 0.1) is 6.92 Å². The second-order valence-electron chi connectivity index (χ2n) is 5.83. The van der Waals surface area contributed by atoms with Gasteiger partial charge in [0.15, 0.2) is 0 Å². The van der Waals surface area contributed by atoms with Gasteiger partial charge in [0.2, 0.25) is 5.91 Å². The molecule has 4 nitrogen and oxygen atoms in total. The Morgan fingerprint density at radius 2 is 2.20 bits per heavy atom. The lowest BCUT2D eigenvalue weighted by Gasteiger charge is -2.12. The first-order chi connectivity index (χ1) is 9.70. The van der Waals surface area contributed by atoms with Crippen LogP contribution in [0.1, 0.15) is 62.4 Å². The second kappa shape index (κ2) is 5.73. The molecule has 0 aliphatic heterocycles. The van der Waals surface area contributed by atoms with Gasteiger partial charge in [-0.15, -0.1) is 0 Å². The maximum absolute atomic E-state index is 12.1. The summed E-state index contributed by atoms with van der Waals surface area (Å²) in [6, 6.07) is 1.93. The van der Waals surface area contributed by atoms with Crippen LogP contribution in [-0.4, -0.2) is 15.9 Å². The third-order valence-electron chi connectivity index (χ3n) is 3.89. The largest absolute Gasteiger partial charge is 0.310 e. The number of aromatic nitrogens is 2. The number of amides is 1. The second-order valence-corrected chi connectivity index (χ2v) is 5.83. The molecule has 0 spiro atoms. The van der Waals surface area contributed by atoms with Crippen molar-refractivity contribution in [3.63, 3.8) is 0 Å². The summed E-state index contributed by atoms with van der Waals surface area (Å²) in [6.45, 7) is 1.88. The Hall–Kier alpha value is -1.71. The minimum Gasteiger partial charge on any atom is -0.310 e. The summed E-state index contributed by atoms with van der Waals surface area (Å²) < 4.78 is 0. The molecule has 1 saturated carbocycles. The average Bonchev–Trinajstić information content (AvgIpc) is 3.23. The molecule has 0 radical (unpaired) electrons. The Labute approximate surface area is 119 Å². The van der Waals surface area contributed by atoms with Crippen molar-refractivity contribution in [2.45, 2.75) is 57.8 Å². The molecule has 4 heteroatoms. The number of nitrogens with one attached hydrogen (secondary N) is 1. The van der Waals surface area contributed by atoms with Gasteiger partial charge in [0.1, 0.15) is 11.6 Å². The smallest absolute Gasteiger partial charge is 0.229 e. The van der Waals surface area contributed by atoms with E-state index in [2.05, 4.69) is 21.4 Å². The summed E-state index contributed by atoms with van der Waals surface area (Å²) in [5.41, 5.74) is 2.34. The van der Waals surface area contributed by atoms with Crippen LogP contribution >= 0.6 is 0 Å². The summed E-state index contributed by atoms with van der Waals surface area (Å²) in [5, 5.41) is 2.92. The molecule has 0 bridgehead atoms. The van der Waals surface area contributed by atoms with Gasteiger partial charge in [0, 0.05) is 24.1 Å². The van der Waals surface area contributed by atoms with Crippen molar-refractivity contribution in [1.82, 2.24) is 9.97 Å². The standard InChI is InChI=1S/C16H21N3O/c1-11-17-14(13-7-8-13)10-15(18-11)19-16(20)9-12-5-3-2-4-6-12/h5,10,13H,2-4,6-9H2,1H3,(H,17,18,19,20). The highest BCUT2D eigenvalue weighted by atomic mass is 16.1. The van der Waals surface area contributed by atoms with E-state index < -0.39 is 0 Å². The molecular formula is C16H21N3O. The first-order valence-corrected chi connectivity index (χ1v) is 7.54. The zero-order valence-electron chi connectivity index (χ0n) is 12.0. The number of aryl methyl sites for hydroxylation is 1. The molecule has 106 valence electrons. The van der Waals surface area contributed by atoms with Gasteiger partial charge >= 0.3 is 0 Å². The molecule has 1 aromatic heterocycles. The van der Waals surface area contributed by atoms with E-state index in [4.69, 9.17) is 0 Å². The molecule has 0 aromatic carbocycles.